The van der Waals surface area contributed by atoms with Crippen LogP contribution < -0.4 is 5.32 Å². The molecular weight excluding hydrogens is 312 g/mol. The van der Waals surface area contributed by atoms with Crippen molar-refractivity contribution in [1.29, 1.82) is 0 Å². The average Bonchev–Trinajstić information content (AvgIpc) is 3.29. The number of benzene rings is 1. The molecule has 1 saturated carbocycles. The SMILES string of the molecule is O=C(Nc1nc2ccccc2n1CCN1CCCCC1)C1CCCC1. The molecule has 1 N–H and O–H groups in total. The highest BCUT2D eigenvalue weighted by atomic mass is 16.2. The van der Waals surface area contributed by atoms with E-state index in [-0.39, 0.29) is 11.8 Å². The summed E-state index contributed by atoms with van der Waals surface area (Å²) < 4.78 is 2.19. The maximum atomic E-state index is 12.6. The van der Waals surface area contributed by atoms with Gasteiger partial charge in [-0.05, 0) is 50.9 Å². The van der Waals surface area contributed by atoms with Crippen LogP contribution in [0.15, 0.2) is 24.3 Å². The second-order valence-corrected chi connectivity index (χ2v) is 7.45. The molecule has 2 fully saturated rings. The highest BCUT2D eigenvalue weighted by Gasteiger charge is 2.24. The summed E-state index contributed by atoms with van der Waals surface area (Å²) >= 11 is 0. The van der Waals surface area contributed by atoms with Crippen LogP contribution >= 0.6 is 0 Å². The van der Waals surface area contributed by atoms with E-state index in [4.69, 9.17) is 4.98 Å². The van der Waals surface area contributed by atoms with E-state index in [0.29, 0.717) is 0 Å². The summed E-state index contributed by atoms with van der Waals surface area (Å²) in [4.78, 5) is 19.8. The van der Waals surface area contributed by atoms with Crippen molar-refractivity contribution in [2.24, 2.45) is 5.92 Å². The largest absolute Gasteiger partial charge is 0.309 e. The molecular formula is C20H28N4O. The van der Waals surface area contributed by atoms with Gasteiger partial charge in [0.2, 0.25) is 11.9 Å². The number of hydrogen-bond acceptors (Lipinski definition) is 3. The van der Waals surface area contributed by atoms with Crippen molar-refractivity contribution in [2.75, 3.05) is 25.0 Å². The maximum Gasteiger partial charge on any atom is 0.229 e. The Hall–Kier alpha value is -1.88. The molecule has 2 aromatic rings. The number of carbonyl (C=O) groups excluding carboxylic acids is 1. The minimum atomic E-state index is 0.145. The van der Waals surface area contributed by atoms with Gasteiger partial charge in [-0.1, -0.05) is 31.4 Å². The summed E-state index contributed by atoms with van der Waals surface area (Å²) in [6.45, 7) is 4.28. The van der Waals surface area contributed by atoms with Crippen molar-refractivity contribution < 1.29 is 4.79 Å². The number of nitrogens with one attached hydrogen (secondary N) is 1. The first-order valence-electron chi connectivity index (χ1n) is 9.80. The maximum absolute atomic E-state index is 12.6. The van der Waals surface area contributed by atoms with Crippen molar-refractivity contribution in [1.82, 2.24) is 14.5 Å². The van der Waals surface area contributed by atoms with Crippen LogP contribution in [0.25, 0.3) is 11.0 Å². The molecule has 25 heavy (non-hydrogen) atoms. The highest BCUT2D eigenvalue weighted by molar-refractivity contribution is 5.93. The lowest BCUT2D eigenvalue weighted by atomic mass is 10.1. The topological polar surface area (TPSA) is 50.2 Å². The van der Waals surface area contributed by atoms with Gasteiger partial charge in [-0.15, -0.1) is 0 Å². The lowest BCUT2D eigenvalue weighted by molar-refractivity contribution is -0.119. The fourth-order valence-electron chi connectivity index (χ4n) is 4.22. The number of carbonyl (C=O) groups is 1. The Balaban J connectivity index is 1.53. The number of fused-ring (bicyclic) bond motifs is 1. The van der Waals surface area contributed by atoms with Crippen LogP contribution in [0, 0.1) is 5.92 Å². The van der Waals surface area contributed by atoms with E-state index in [2.05, 4.69) is 20.9 Å². The third-order valence-corrected chi connectivity index (χ3v) is 5.70. The first kappa shape index (κ1) is 16.6. The van der Waals surface area contributed by atoms with Crippen molar-refractivity contribution in [3.8, 4) is 0 Å². The number of nitrogens with zero attached hydrogens (tertiary/aromatic N) is 3. The first-order valence-corrected chi connectivity index (χ1v) is 9.80. The van der Waals surface area contributed by atoms with Crippen LogP contribution in [0.1, 0.15) is 44.9 Å². The third-order valence-electron chi connectivity index (χ3n) is 5.70. The summed E-state index contributed by atoms with van der Waals surface area (Å²) in [6, 6.07) is 8.18. The number of imidazole rings is 1. The molecule has 2 heterocycles. The molecule has 0 unspecified atom stereocenters. The van der Waals surface area contributed by atoms with Crippen LogP contribution in [-0.2, 0) is 11.3 Å². The molecule has 134 valence electrons. The number of anilines is 1. The normalized spacial score (nSPS) is 19.5. The Morgan fingerprint density at radius 1 is 1.04 bits per heavy atom. The molecule has 2 aliphatic rings. The van der Waals surface area contributed by atoms with Gasteiger partial charge in [0.05, 0.1) is 11.0 Å². The van der Waals surface area contributed by atoms with E-state index in [1.807, 2.05) is 18.2 Å². The zero-order valence-electron chi connectivity index (χ0n) is 14.9. The first-order chi connectivity index (χ1) is 12.3. The zero-order chi connectivity index (χ0) is 17.1. The smallest absolute Gasteiger partial charge is 0.229 e. The van der Waals surface area contributed by atoms with Gasteiger partial charge in [-0.3, -0.25) is 10.1 Å². The Labute approximate surface area is 149 Å². The fraction of sp³-hybridized carbons (Fsp3) is 0.600. The van der Waals surface area contributed by atoms with Crippen LogP contribution in [0.3, 0.4) is 0 Å². The quantitative estimate of drug-likeness (QED) is 0.904. The summed E-state index contributed by atoms with van der Waals surface area (Å²) in [5, 5.41) is 3.12. The van der Waals surface area contributed by atoms with Crippen LogP contribution in [0.2, 0.25) is 0 Å². The second kappa shape index (κ2) is 7.56. The van der Waals surface area contributed by atoms with Crippen molar-refractivity contribution in [3.05, 3.63) is 24.3 Å². The number of aromatic nitrogens is 2. The van der Waals surface area contributed by atoms with Crippen molar-refractivity contribution in [3.63, 3.8) is 0 Å². The molecule has 5 heteroatoms. The van der Waals surface area contributed by atoms with Crippen LogP contribution in [0.4, 0.5) is 5.95 Å². The molecule has 0 bridgehead atoms. The number of rotatable bonds is 5. The highest BCUT2D eigenvalue weighted by Crippen LogP contribution is 2.27. The molecule has 1 aliphatic carbocycles. The minimum absolute atomic E-state index is 0.145. The van der Waals surface area contributed by atoms with Gasteiger partial charge in [-0.25, -0.2) is 4.98 Å². The molecule has 1 amide bonds. The van der Waals surface area contributed by atoms with E-state index in [1.54, 1.807) is 0 Å². The van der Waals surface area contributed by atoms with Crippen LogP contribution in [0.5, 0.6) is 0 Å². The van der Waals surface area contributed by atoms with Gasteiger partial charge >= 0.3 is 0 Å². The van der Waals surface area contributed by atoms with Gasteiger partial charge < -0.3 is 9.47 Å². The molecule has 0 atom stereocenters. The predicted molar refractivity (Wildman–Crippen MR) is 101 cm³/mol. The standard InChI is InChI=1S/C20H28N4O/c25-19(16-8-2-3-9-16)22-20-21-17-10-4-5-11-18(17)24(20)15-14-23-12-6-1-7-13-23/h4-5,10-11,16H,1-3,6-9,12-15H2,(H,21,22,25). The molecule has 4 rings (SSSR count). The van der Waals surface area contributed by atoms with Crippen molar-refractivity contribution in [2.45, 2.75) is 51.5 Å². The Bertz CT molecular complexity index is 726. The van der Waals surface area contributed by atoms with Gasteiger partial charge in [0.25, 0.3) is 0 Å². The van der Waals surface area contributed by atoms with Crippen molar-refractivity contribution >= 4 is 22.9 Å². The Kier molecular flexibility index (Phi) is 5.02. The molecule has 1 aliphatic heterocycles. The Morgan fingerprint density at radius 2 is 1.80 bits per heavy atom. The van der Waals surface area contributed by atoms with E-state index in [0.717, 1.165) is 42.9 Å². The van der Waals surface area contributed by atoms with E-state index in [9.17, 15) is 4.79 Å². The average molecular weight is 340 g/mol. The number of hydrogen-bond donors (Lipinski definition) is 1. The summed E-state index contributed by atoms with van der Waals surface area (Å²) in [7, 11) is 0. The minimum Gasteiger partial charge on any atom is -0.309 e. The zero-order valence-corrected chi connectivity index (χ0v) is 14.9. The number of likely N-dealkylation sites (tertiary alicyclic amines) is 1. The van der Waals surface area contributed by atoms with Gasteiger partial charge in [0.1, 0.15) is 0 Å². The second-order valence-electron chi connectivity index (χ2n) is 7.45. The number of para-hydroxylation sites is 2. The predicted octanol–water partition coefficient (Wildman–Crippen LogP) is 3.65. The molecule has 0 spiro atoms. The van der Waals surface area contributed by atoms with Gasteiger partial charge in [0.15, 0.2) is 0 Å². The number of amides is 1. The van der Waals surface area contributed by atoms with Gasteiger partial charge in [-0.2, -0.15) is 0 Å². The number of piperidine rings is 1. The summed E-state index contributed by atoms with van der Waals surface area (Å²) in [5.41, 5.74) is 2.07. The fourth-order valence-corrected chi connectivity index (χ4v) is 4.22. The molecule has 1 aromatic heterocycles. The van der Waals surface area contributed by atoms with Crippen LogP contribution in [-0.4, -0.2) is 40.0 Å². The molecule has 1 aromatic carbocycles. The third kappa shape index (κ3) is 3.71. The van der Waals surface area contributed by atoms with E-state index in [1.165, 1.54) is 45.2 Å². The molecule has 1 saturated heterocycles. The summed E-state index contributed by atoms with van der Waals surface area (Å²) in [6.07, 6.45) is 8.33. The van der Waals surface area contributed by atoms with E-state index < -0.39 is 0 Å². The lowest BCUT2D eigenvalue weighted by Crippen LogP contribution is -2.33. The molecule has 0 radical (unpaired) electrons. The lowest BCUT2D eigenvalue weighted by Gasteiger charge is -2.26. The van der Waals surface area contributed by atoms with Gasteiger partial charge in [0, 0.05) is 19.0 Å². The monoisotopic (exact) mass is 340 g/mol. The Morgan fingerprint density at radius 3 is 2.60 bits per heavy atom. The summed E-state index contributed by atoms with van der Waals surface area (Å²) in [5.74, 6) is 1.03. The van der Waals surface area contributed by atoms with E-state index >= 15 is 0 Å². The molecule has 5 nitrogen and oxygen atoms in total.